The van der Waals surface area contributed by atoms with Gasteiger partial charge < -0.3 is 4.74 Å². The van der Waals surface area contributed by atoms with E-state index in [4.69, 9.17) is 0 Å². The van der Waals surface area contributed by atoms with Crippen molar-refractivity contribution in [3.63, 3.8) is 0 Å². The van der Waals surface area contributed by atoms with Gasteiger partial charge in [0.05, 0.1) is 11.5 Å². The summed E-state index contributed by atoms with van der Waals surface area (Å²) in [6.07, 6.45) is 0. The van der Waals surface area contributed by atoms with Crippen LogP contribution in [0.25, 0.3) is 0 Å². The Labute approximate surface area is 91.0 Å². The maximum Gasteiger partial charge on any atom is 0.345 e. The Morgan fingerprint density at radius 3 is 2.69 bits per heavy atom. The highest BCUT2D eigenvalue weighted by Gasteiger charge is 2.24. The van der Waals surface area contributed by atoms with Crippen LogP contribution in [-0.2, 0) is 4.74 Å². The monoisotopic (exact) mass is 227 g/mol. The number of hydrogen-bond acceptors (Lipinski definition) is 4. The van der Waals surface area contributed by atoms with Gasteiger partial charge in [-0.25, -0.2) is 9.18 Å². The van der Waals surface area contributed by atoms with E-state index in [1.165, 1.54) is 6.92 Å². The molecular weight excluding hydrogens is 217 g/mol. The van der Waals surface area contributed by atoms with E-state index in [9.17, 15) is 19.3 Å². The van der Waals surface area contributed by atoms with Gasteiger partial charge in [-0.2, -0.15) is 0 Å². The zero-order chi connectivity index (χ0) is 12.3. The largest absolute Gasteiger partial charge is 0.462 e. The molecule has 0 unspecified atom stereocenters. The Hall–Kier alpha value is -1.98. The van der Waals surface area contributed by atoms with Crippen molar-refractivity contribution in [2.75, 3.05) is 6.61 Å². The van der Waals surface area contributed by atoms with Crippen LogP contribution in [0.5, 0.6) is 0 Å². The lowest BCUT2D eigenvalue weighted by Gasteiger charge is -2.05. The van der Waals surface area contributed by atoms with Crippen LogP contribution in [0.1, 0.15) is 22.8 Å². The van der Waals surface area contributed by atoms with Crippen molar-refractivity contribution < 1.29 is 18.8 Å². The minimum absolute atomic E-state index is 0.0749. The van der Waals surface area contributed by atoms with Gasteiger partial charge in [0.25, 0.3) is 5.69 Å². The highest BCUT2D eigenvalue weighted by Crippen LogP contribution is 2.25. The molecule has 0 aliphatic heterocycles. The summed E-state index contributed by atoms with van der Waals surface area (Å²) < 4.78 is 17.7. The molecule has 6 heteroatoms. The summed E-state index contributed by atoms with van der Waals surface area (Å²) in [7, 11) is 0. The van der Waals surface area contributed by atoms with Crippen LogP contribution in [0.2, 0.25) is 0 Å². The van der Waals surface area contributed by atoms with E-state index in [0.29, 0.717) is 0 Å². The summed E-state index contributed by atoms with van der Waals surface area (Å²) >= 11 is 0. The van der Waals surface area contributed by atoms with Crippen LogP contribution in [-0.4, -0.2) is 17.5 Å². The summed E-state index contributed by atoms with van der Waals surface area (Å²) in [6, 6.07) is 1.81. The van der Waals surface area contributed by atoms with Gasteiger partial charge in [-0.05, 0) is 26.0 Å². The van der Waals surface area contributed by atoms with Crippen molar-refractivity contribution in [2.45, 2.75) is 13.8 Å². The molecule has 1 aromatic rings. The number of halogens is 1. The number of nitro benzene ring substituents is 1. The smallest absolute Gasteiger partial charge is 0.345 e. The number of carbonyl (C=O) groups excluding carboxylic acids is 1. The maximum atomic E-state index is 13.0. The molecule has 1 rings (SSSR count). The fourth-order valence-electron chi connectivity index (χ4n) is 1.34. The van der Waals surface area contributed by atoms with Crippen molar-refractivity contribution >= 4 is 11.7 Å². The van der Waals surface area contributed by atoms with Gasteiger partial charge >= 0.3 is 5.97 Å². The van der Waals surface area contributed by atoms with Gasteiger partial charge in [-0.15, -0.1) is 0 Å². The summed E-state index contributed by atoms with van der Waals surface area (Å²) in [4.78, 5) is 21.4. The number of rotatable bonds is 3. The standard InChI is InChI=1S/C10H10FNO4/c1-3-16-10(13)8-5-7(11)4-6(2)9(8)12(14)15/h4-5H,3H2,1-2H3. The molecule has 0 N–H and O–H groups in total. The van der Waals surface area contributed by atoms with E-state index in [-0.39, 0.29) is 17.7 Å². The highest BCUT2D eigenvalue weighted by atomic mass is 19.1. The molecule has 0 spiro atoms. The molecule has 0 aliphatic rings. The average Bonchev–Trinajstić information content (AvgIpc) is 2.15. The van der Waals surface area contributed by atoms with Crippen molar-refractivity contribution in [1.29, 1.82) is 0 Å². The number of aryl methyl sites for hydroxylation is 1. The second-order valence-corrected chi connectivity index (χ2v) is 3.10. The van der Waals surface area contributed by atoms with Crippen molar-refractivity contribution in [3.8, 4) is 0 Å². The maximum absolute atomic E-state index is 13.0. The number of esters is 1. The van der Waals surface area contributed by atoms with Gasteiger partial charge in [0.2, 0.25) is 0 Å². The predicted molar refractivity (Wildman–Crippen MR) is 53.7 cm³/mol. The first-order chi connectivity index (χ1) is 7.47. The molecule has 0 aliphatic carbocycles. The number of nitrogens with zero attached hydrogens (tertiary/aromatic N) is 1. The molecule has 16 heavy (non-hydrogen) atoms. The fourth-order valence-corrected chi connectivity index (χ4v) is 1.34. The molecule has 0 bridgehead atoms. The summed E-state index contributed by atoms with van der Waals surface area (Å²) in [6.45, 7) is 3.01. The number of nitro groups is 1. The predicted octanol–water partition coefficient (Wildman–Crippen LogP) is 2.22. The van der Waals surface area contributed by atoms with Crippen molar-refractivity contribution in [2.24, 2.45) is 0 Å². The second kappa shape index (κ2) is 4.69. The molecular formula is C10H10FNO4. The third kappa shape index (κ3) is 2.33. The molecule has 0 radical (unpaired) electrons. The zero-order valence-electron chi connectivity index (χ0n) is 8.82. The van der Waals surface area contributed by atoms with E-state index >= 15 is 0 Å². The first kappa shape index (κ1) is 12.1. The molecule has 0 atom stereocenters. The summed E-state index contributed by atoms with van der Waals surface area (Å²) in [5.74, 6) is -1.59. The minimum Gasteiger partial charge on any atom is -0.462 e. The Balaban J connectivity index is 3.35. The van der Waals surface area contributed by atoms with Crippen LogP contribution in [0, 0.1) is 22.9 Å². The van der Waals surface area contributed by atoms with Gasteiger partial charge in [0, 0.05) is 5.56 Å². The van der Waals surface area contributed by atoms with Crippen LogP contribution in [0.15, 0.2) is 12.1 Å². The van der Waals surface area contributed by atoms with E-state index in [0.717, 1.165) is 12.1 Å². The molecule has 0 heterocycles. The first-order valence-electron chi connectivity index (χ1n) is 4.59. The third-order valence-electron chi connectivity index (χ3n) is 1.94. The SMILES string of the molecule is CCOC(=O)c1cc(F)cc(C)c1[N+](=O)[O-]. The number of benzene rings is 1. The van der Waals surface area contributed by atoms with Gasteiger partial charge in [-0.1, -0.05) is 0 Å². The van der Waals surface area contributed by atoms with Gasteiger partial charge in [-0.3, -0.25) is 10.1 Å². The molecule has 0 saturated heterocycles. The second-order valence-electron chi connectivity index (χ2n) is 3.10. The average molecular weight is 227 g/mol. The number of ether oxygens (including phenoxy) is 1. The normalized spacial score (nSPS) is 9.94. The van der Waals surface area contributed by atoms with E-state index in [2.05, 4.69) is 4.74 Å². The van der Waals surface area contributed by atoms with Gasteiger partial charge in [0.15, 0.2) is 0 Å². The molecule has 0 amide bonds. The number of carbonyl (C=O) groups is 1. The zero-order valence-corrected chi connectivity index (χ0v) is 8.82. The van der Waals surface area contributed by atoms with Gasteiger partial charge in [0.1, 0.15) is 11.4 Å². The molecule has 0 fully saturated rings. The lowest BCUT2D eigenvalue weighted by Crippen LogP contribution is -2.09. The topological polar surface area (TPSA) is 69.4 Å². The lowest BCUT2D eigenvalue weighted by atomic mass is 10.1. The molecule has 0 aromatic heterocycles. The highest BCUT2D eigenvalue weighted by molar-refractivity contribution is 5.94. The van der Waals surface area contributed by atoms with Crippen molar-refractivity contribution in [1.82, 2.24) is 0 Å². The van der Waals surface area contributed by atoms with E-state index in [1.54, 1.807) is 6.92 Å². The van der Waals surface area contributed by atoms with Crippen LogP contribution in [0.3, 0.4) is 0 Å². The lowest BCUT2D eigenvalue weighted by molar-refractivity contribution is -0.385. The Kier molecular flexibility index (Phi) is 3.55. The van der Waals surface area contributed by atoms with E-state index in [1.807, 2.05) is 0 Å². The number of hydrogen-bond donors (Lipinski definition) is 0. The fraction of sp³-hybridized carbons (Fsp3) is 0.300. The third-order valence-corrected chi connectivity index (χ3v) is 1.94. The summed E-state index contributed by atoms with van der Waals surface area (Å²) in [5, 5.41) is 10.7. The molecule has 0 saturated carbocycles. The van der Waals surface area contributed by atoms with Crippen LogP contribution >= 0.6 is 0 Å². The Morgan fingerprint density at radius 1 is 1.56 bits per heavy atom. The molecule has 86 valence electrons. The Morgan fingerprint density at radius 2 is 2.19 bits per heavy atom. The summed E-state index contributed by atoms with van der Waals surface area (Å²) in [5.41, 5.74) is -0.683. The minimum atomic E-state index is -0.892. The van der Waals surface area contributed by atoms with E-state index < -0.39 is 22.4 Å². The molecule has 5 nitrogen and oxygen atoms in total. The van der Waals surface area contributed by atoms with Crippen molar-refractivity contribution in [3.05, 3.63) is 39.2 Å². The first-order valence-corrected chi connectivity index (χ1v) is 4.59. The Bertz CT molecular complexity index is 445. The van der Waals surface area contributed by atoms with Crippen LogP contribution in [0.4, 0.5) is 10.1 Å². The molecule has 1 aromatic carbocycles. The quantitative estimate of drug-likeness (QED) is 0.451. The van der Waals surface area contributed by atoms with Crippen LogP contribution < -0.4 is 0 Å².